The molecular formula is C23H30N2O4. The van der Waals surface area contributed by atoms with Gasteiger partial charge in [-0.2, -0.15) is 0 Å². The second kappa shape index (κ2) is 10.3. The number of aryl methyl sites for hydroxylation is 1. The van der Waals surface area contributed by atoms with Gasteiger partial charge in [-0.3, -0.25) is 9.59 Å². The van der Waals surface area contributed by atoms with Gasteiger partial charge < -0.3 is 19.0 Å². The Morgan fingerprint density at radius 2 is 1.93 bits per heavy atom. The van der Waals surface area contributed by atoms with Crippen LogP contribution in [0.3, 0.4) is 0 Å². The molecule has 1 aliphatic heterocycles. The van der Waals surface area contributed by atoms with E-state index in [-0.39, 0.29) is 24.5 Å². The van der Waals surface area contributed by atoms with Crippen molar-refractivity contribution in [1.29, 1.82) is 0 Å². The van der Waals surface area contributed by atoms with Gasteiger partial charge in [0.1, 0.15) is 12.3 Å². The van der Waals surface area contributed by atoms with E-state index in [4.69, 9.17) is 9.15 Å². The lowest BCUT2D eigenvalue weighted by Gasteiger charge is -2.28. The number of carbonyl (C=O) groups is 2. The van der Waals surface area contributed by atoms with Crippen LogP contribution in [0.1, 0.15) is 47.9 Å². The molecule has 2 amide bonds. The first kappa shape index (κ1) is 21.1. The SMILES string of the molecule is CCCN(CC(=O)N(Cc1ccco1)C[C@H]1CCCO1)C(=O)c1ccc(C)cc1. The smallest absolute Gasteiger partial charge is 0.254 e. The first-order valence-electron chi connectivity index (χ1n) is 10.3. The second-order valence-corrected chi connectivity index (χ2v) is 7.58. The average Bonchev–Trinajstić information content (AvgIpc) is 3.41. The van der Waals surface area contributed by atoms with E-state index < -0.39 is 0 Å². The van der Waals surface area contributed by atoms with Crippen molar-refractivity contribution in [3.05, 3.63) is 59.5 Å². The molecule has 2 aromatic rings. The van der Waals surface area contributed by atoms with Crippen molar-refractivity contribution in [2.45, 2.75) is 45.8 Å². The molecule has 6 heteroatoms. The van der Waals surface area contributed by atoms with Gasteiger partial charge in [0.25, 0.3) is 5.91 Å². The topological polar surface area (TPSA) is 63.0 Å². The van der Waals surface area contributed by atoms with Gasteiger partial charge in [0.2, 0.25) is 5.91 Å². The van der Waals surface area contributed by atoms with Gasteiger partial charge in [0, 0.05) is 25.3 Å². The molecule has 1 aliphatic rings. The van der Waals surface area contributed by atoms with Gasteiger partial charge in [0.15, 0.2) is 0 Å². The predicted molar refractivity (Wildman–Crippen MR) is 110 cm³/mol. The molecule has 6 nitrogen and oxygen atoms in total. The molecule has 3 rings (SSSR count). The Bertz CT molecular complexity index is 780. The monoisotopic (exact) mass is 398 g/mol. The predicted octanol–water partition coefficient (Wildman–Crippen LogP) is 3.65. The lowest BCUT2D eigenvalue weighted by Crippen LogP contribution is -2.45. The van der Waals surface area contributed by atoms with Gasteiger partial charge in [0.05, 0.1) is 18.9 Å². The quantitative estimate of drug-likeness (QED) is 0.647. The first-order chi connectivity index (χ1) is 14.1. The summed E-state index contributed by atoms with van der Waals surface area (Å²) in [5, 5.41) is 0. The number of carbonyl (C=O) groups excluding carboxylic acids is 2. The van der Waals surface area contributed by atoms with Crippen molar-refractivity contribution in [3.8, 4) is 0 Å². The first-order valence-corrected chi connectivity index (χ1v) is 10.3. The van der Waals surface area contributed by atoms with Crippen molar-refractivity contribution in [1.82, 2.24) is 9.80 Å². The highest BCUT2D eigenvalue weighted by Gasteiger charge is 2.26. The third kappa shape index (κ3) is 5.94. The minimum absolute atomic E-state index is 0.0429. The van der Waals surface area contributed by atoms with E-state index in [2.05, 4.69) is 0 Å². The summed E-state index contributed by atoms with van der Waals surface area (Å²) < 4.78 is 11.2. The number of amides is 2. The number of hydrogen-bond acceptors (Lipinski definition) is 4. The van der Waals surface area contributed by atoms with E-state index >= 15 is 0 Å². The zero-order valence-corrected chi connectivity index (χ0v) is 17.3. The minimum Gasteiger partial charge on any atom is -0.467 e. The number of nitrogens with zero attached hydrogens (tertiary/aromatic N) is 2. The molecule has 1 atom stereocenters. The number of furan rings is 1. The third-order valence-corrected chi connectivity index (χ3v) is 5.13. The molecule has 1 saturated heterocycles. The molecule has 0 N–H and O–H groups in total. The van der Waals surface area contributed by atoms with Crippen molar-refractivity contribution in [2.24, 2.45) is 0 Å². The maximum absolute atomic E-state index is 13.2. The number of rotatable bonds is 9. The normalized spacial score (nSPS) is 16.0. The van der Waals surface area contributed by atoms with Crippen molar-refractivity contribution in [2.75, 3.05) is 26.2 Å². The van der Waals surface area contributed by atoms with Crippen LogP contribution in [-0.2, 0) is 16.1 Å². The molecular weight excluding hydrogens is 368 g/mol. The van der Waals surface area contributed by atoms with Crippen molar-refractivity contribution >= 4 is 11.8 Å². The van der Waals surface area contributed by atoms with Gasteiger partial charge in [-0.15, -0.1) is 0 Å². The molecule has 29 heavy (non-hydrogen) atoms. The summed E-state index contributed by atoms with van der Waals surface area (Å²) in [5.74, 6) is 0.518. The fraction of sp³-hybridized carbons (Fsp3) is 0.478. The summed E-state index contributed by atoms with van der Waals surface area (Å²) in [7, 11) is 0. The summed E-state index contributed by atoms with van der Waals surface area (Å²) in [6, 6.07) is 11.1. The largest absolute Gasteiger partial charge is 0.467 e. The van der Waals surface area contributed by atoms with E-state index in [1.54, 1.807) is 16.1 Å². The summed E-state index contributed by atoms with van der Waals surface area (Å²) >= 11 is 0. The maximum atomic E-state index is 13.2. The molecule has 1 fully saturated rings. The molecule has 1 aromatic heterocycles. The van der Waals surface area contributed by atoms with Crippen LogP contribution in [0.15, 0.2) is 47.1 Å². The summed E-state index contributed by atoms with van der Waals surface area (Å²) in [5.41, 5.74) is 1.70. The summed E-state index contributed by atoms with van der Waals surface area (Å²) in [4.78, 5) is 29.5. The zero-order valence-electron chi connectivity index (χ0n) is 17.3. The number of hydrogen-bond donors (Lipinski definition) is 0. The Balaban J connectivity index is 1.71. The minimum atomic E-state index is -0.115. The second-order valence-electron chi connectivity index (χ2n) is 7.58. The molecule has 0 unspecified atom stereocenters. The van der Waals surface area contributed by atoms with Gasteiger partial charge in [-0.05, 0) is 50.5 Å². The Labute approximate surface area is 172 Å². The van der Waals surface area contributed by atoms with Crippen LogP contribution < -0.4 is 0 Å². The number of ether oxygens (including phenoxy) is 1. The molecule has 1 aromatic carbocycles. The summed E-state index contributed by atoms with van der Waals surface area (Å²) in [6.07, 6.45) is 4.40. The lowest BCUT2D eigenvalue weighted by atomic mass is 10.1. The van der Waals surface area contributed by atoms with Crippen LogP contribution in [0, 0.1) is 6.92 Å². The van der Waals surface area contributed by atoms with Crippen LogP contribution in [0.5, 0.6) is 0 Å². The van der Waals surface area contributed by atoms with Crippen LogP contribution in [0.2, 0.25) is 0 Å². The van der Waals surface area contributed by atoms with Crippen molar-refractivity contribution < 1.29 is 18.7 Å². The fourth-order valence-corrected chi connectivity index (χ4v) is 3.54. The van der Waals surface area contributed by atoms with E-state index in [9.17, 15) is 9.59 Å². The number of benzene rings is 1. The highest BCUT2D eigenvalue weighted by atomic mass is 16.5. The van der Waals surface area contributed by atoms with Gasteiger partial charge >= 0.3 is 0 Å². The van der Waals surface area contributed by atoms with Crippen LogP contribution in [0.4, 0.5) is 0 Å². The molecule has 0 spiro atoms. The Morgan fingerprint density at radius 1 is 1.14 bits per heavy atom. The van der Waals surface area contributed by atoms with Gasteiger partial charge in [-0.1, -0.05) is 24.6 Å². The van der Waals surface area contributed by atoms with E-state index in [0.717, 1.165) is 37.2 Å². The van der Waals surface area contributed by atoms with E-state index in [0.29, 0.717) is 25.2 Å². The molecule has 2 heterocycles. The molecule has 0 bridgehead atoms. The third-order valence-electron chi connectivity index (χ3n) is 5.13. The van der Waals surface area contributed by atoms with Gasteiger partial charge in [-0.25, -0.2) is 0 Å². The maximum Gasteiger partial charge on any atom is 0.254 e. The highest BCUT2D eigenvalue weighted by Crippen LogP contribution is 2.16. The van der Waals surface area contributed by atoms with Crippen LogP contribution in [0.25, 0.3) is 0 Å². The Morgan fingerprint density at radius 3 is 2.55 bits per heavy atom. The van der Waals surface area contributed by atoms with E-state index in [1.807, 2.05) is 50.2 Å². The molecule has 0 saturated carbocycles. The fourth-order valence-electron chi connectivity index (χ4n) is 3.54. The lowest BCUT2D eigenvalue weighted by molar-refractivity contribution is -0.134. The highest BCUT2D eigenvalue weighted by molar-refractivity contribution is 5.96. The standard InChI is InChI=1S/C23H30N2O4/c1-3-12-24(23(27)19-10-8-18(2)9-11-19)17-22(26)25(15-20-6-4-13-28-20)16-21-7-5-14-29-21/h4,6,8-11,13,21H,3,5,7,12,14-17H2,1-2H3/t21-/m1/s1. The van der Waals surface area contributed by atoms with Crippen molar-refractivity contribution in [3.63, 3.8) is 0 Å². The van der Waals surface area contributed by atoms with Crippen LogP contribution >= 0.6 is 0 Å². The molecule has 0 aliphatic carbocycles. The van der Waals surface area contributed by atoms with Crippen LogP contribution in [-0.4, -0.2) is 54.0 Å². The molecule has 156 valence electrons. The zero-order chi connectivity index (χ0) is 20.6. The Kier molecular flexibility index (Phi) is 7.47. The molecule has 0 radical (unpaired) electrons. The van der Waals surface area contributed by atoms with E-state index in [1.165, 1.54) is 0 Å². The summed E-state index contributed by atoms with van der Waals surface area (Å²) in [6.45, 7) is 6.21. The average molecular weight is 399 g/mol. The Hall–Kier alpha value is -2.60.